The smallest absolute Gasteiger partial charge is 0.330 e. The number of ether oxygens (including phenoxy) is 3. The average Bonchev–Trinajstić information content (AvgIpc) is 3.22. The lowest BCUT2D eigenvalue weighted by Gasteiger charge is -2.16. The highest BCUT2D eigenvalue weighted by Gasteiger charge is 2.20. The van der Waals surface area contributed by atoms with Gasteiger partial charge in [0, 0.05) is 25.3 Å². The van der Waals surface area contributed by atoms with Crippen molar-refractivity contribution in [2.75, 3.05) is 31.3 Å². The molecule has 2 atom stereocenters. The SMILES string of the molecule is C[C@@H](CS(=O)(=O)CCCOCn1ccc(=O)[nH]c1=O)c1cccc(OC2CCOC2)c1. The molecular weight excluding hydrogens is 424 g/mol. The molecule has 0 radical (unpaired) electrons. The summed E-state index contributed by atoms with van der Waals surface area (Å²) in [5.41, 5.74) is -0.139. The van der Waals surface area contributed by atoms with E-state index in [0.29, 0.717) is 19.6 Å². The summed E-state index contributed by atoms with van der Waals surface area (Å²) in [6.45, 7) is 3.29. The number of H-pyrrole nitrogens is 1. The molecule has 0 amide bonds. The molecule has 0 aliphatic carbocycles. The molecule has 10 heteroatoms. The molecule has 2 aromatic rings. The van der Waals surface area contributed by atoms with Crippen LogP contribution in [0, 0.1) is 0 Å². The largest absolute Gasteiger partial charge is 0.488 e. The average molecular weight is 453 g/mol. The van der Waals surface area contributed by atoms with E-state index < -0.39 is 21.1 Å². The predicted molar refractivity (Wildman–Crippen MR) is 115 cm³/mol. The van der Waals surface area contributed by atoms with Crippen molar-refractivity contribution in [1.82, 2.24) is 9.55 Å². The lowest BCUT2D eigenvalue weighted by atomic mass is 10.0. The van der Waals surface area contributed by atoms with Crippen molar-refractivity contribution in [3.05, 3.63) is 62.9 Å². The second-order valence-electron chi connectivity index (χ2n) is 7.66. The van der Waals surface area contributed by atoms with Gasteiger partial charge in [0.1, 0.15) is 18.6 Å². The molecule has 170 valence electrons. The first-order chi connectivity index (χ1) is 14.8. The highest BCUT2D eigenvalue weighted by molar-refractivity contribution is 7.91. The van der Waals surface area contributed by atoms with E-state index in [-0.39, 0.29) is 36.9 Å². The Kier molecular flexibility index (Phi) is 8.05. The van der Waals surface area contributed by atoms with E-state index in [4.69, 9.17) is 14.2 Å². The van der Waals surface area contributed by atoms with Crippen molar-refractivity contribution in [1.29, 1.82) is 0 Å². The van der Waals surface area contributed by atoms with Crippen molar-refractivity contribution in [3.63, 3.8) is 0 Å². The third kappa shape index (κ3) is 7.34. The number of aromatic nitrogens is 2. The van der Waals surface area contributed by atoms with Gasteiger partial charge < -0.3 is 14.2 Å². The Hall–Kier alpha value is -2.43. The van der Waals surface area contributed by atoms with Crippen LogP contribution in [0.15, 0.2) is 46.1 Å². The standard InChI is InChI=1S/C21H28N2O7S/c1-16(17-4-2-5-18(12-17)30-19-7-10-28-13-19)14-31(26,27)11-3-9-29-15-23-8-6-20(24)22-21(23)25/h2,4-6,8,12,16,19H,3,7,9-11,13-15H2,1H3,(H,22,24,25)/t16-,19?/m0/s1. The summed E-state index contributed by atoms with van der Waals surface area (Å²) < 4.78 is 42.8. The number of nitrogens with one attached hydrogen (secondary N) is 1. The van der Waals surface area contributed by atoms with E-state index in [1.807, 2.05) is 31.2 Å². The fraction of sp³-hybridized carbons (Fsp3) is 0.524. The minimum Gasteiger partial charge on any atom is -0.488 e. The molecule has 0 spiro atoms. The van der Waals surface area contributed by atoms with Crippen LogP contribution in [0.25, 0.3) is 0 Å². The van der Waals surface area contributed by atoms with Crippen LogP contribution in [0.5, 0.6) is 5.75 Å². The first-order valence-electron chi connectivity index (χ1n) is 10.2. The lowest BCUT2D eigenvalue weighted by Crippen LogP contribution is -2.29. The van der Waals surface area contributed by atoms with Crippen LogP contribution in [-0.4, -0.2) is 55.4 Å². The summed E-state index contributed by atoms with van der Waals surface area (Å²) >= 11 is 0. The molecule has 1 saturated heterocycles. The van der Waals surface area contributed by atoms with Crippen molar-refractivity contribution in [3.8, 4) is 5.75 Å². The topological polar surface area (TPSA) is 117 Å². The zero-order valence-corrected chi connectivity index (χ0v) is 18.3. The number of sulfone groups is 1. The van der Waals surface area contributed by atoms with Crippen molar-refractivity contribution in [2.24, 2.45) is 0 Å². The van der Waals surface area contributed by atoms with E-state index in [9.17, 15) is 18.0 Å². The van der Waals surface area contributed by atoms with Gasteiger partial charge in [-0.05, 0) is 30.0 Å². The molecule has 1 fully saturated rings. The number of benzene rings is 1. The highest BCUT2D eigenvalue weighted by Crippen LogP contribution is 2.24. The van der Waals surface area contributed by atoms with Gasteiger partial charge in [-0.1, -0.05) is 19.1 Å². The monoisotopic (exact) mass is 452 g/mol. The Balaban J connectivity index is 1.44. The molecule has 0 bridgehead atoms. The highest BCUT2D eigenvalue weighted by atomic mass is 32.2. The summed E-state index contributed by atoms with van der Waals surface area (Å²) in [5, 5.41) is 0. The van der Waals surface area contributed by atoms with Crippen LogP contribution in [0.2, 0.25) is 0 Å². The number of rotatable bonds is 11. The number of aromatic amines is 1. The molecule has 1 aliphatic rings. The molecule has 1 aromatic heterocycles. The molecule has 3 rings (SSSR count). The van der Waals surface area contributed by atoms with Gasteiger partial charge in [0.2, 0.25) is 0 Å². The van der Waals surface area contributed by atoms with E-state index in [2.05, 4.69) is 4.98 Å². The fourth-order valence-electron chi connectivity index (χ4n) is 3.34. The minimum atomic E-state index is -3.28. The Morgan fingerprint density at radius 1 is 1.29 bits per heavy atom. The van der Waals surface area contributed by atoms with Crippen LogP contribution in [0.4, 0.5) is 0 Å². The van der Waals surface area contributed by atoms with Gasteiger partial charge in [0.15, 0.2) is 9.84 Å². The number of hydrogen-bond acceptors (Lipinski definition) is 7. The molecule has 1 aliphatic heterocycles. The summed E-state index contributed by atoms with van der Waals surface area (Å²) in [6, 6.07) is 8.76. The Morgan fingerprint density at radius 2 is 2.13 bits per heavy atom. The van der Waals surface area contributed by atoms with Crippen LogP contribution >= 0.6 is 0 Å². The Morgan fingerprint density at radius 3 is 2.87 bits per heavy atom. The van der Waals surface area contributed by atoms with Gasteiger partial charge in [-0.25, -0.2) is 13.2 Å². The van der Waals surface area contributed by atoms with Gasteiger partial charge in [-0.3, -0.25) is 14.3 Å². The third-order valence-corrected chi connectivity index (χ3v) is 6.91. The lowest BCUT2D eigenvalue weighted by molar-refractivity contribution is 0.0745. The van der Waals surface area contributed by atoms with E-state index in [1.54, 1.807) is 0 Å². The number of nitrogens with zero attached hydrogens (tertiary/aromatic N) is 1. The molecule has 1 aromatic carbocycles. The fourth-order valence-corrected chi connectivity index (χ4v) is 5.02. The zero-order valence-electron chi connectivity index (χ0n) is 17.5. The van der Waals surface area contributed by atoms with Gasteiger partial charge in [0.05, 0.1) is 24.7 Å². The van der Waals surface area contributed by atoms with Gasteiger partial charge in [-0.2, -0.15) is 0 Å². The number of hydrogen-bond donors (Lipinski definition) is 1. The van der Waals surface area contributed by atoms with Crippen LogP contribution in [-0.2, 0) is 26.0 Å². The van der Waals surface area contributed by atoms with Crippen LogP contribution in [0.1, 0.15) is 31.2 Å². The molecular formula is C21H28N2O7S. The van der Waals surface area contributed by atoms with Gasteiger partial charge in [0.25, 0.3) is 5.56 Å². The van der Waals surface area contributed by atoms with Crippen LogP contribution in [0.3, 0.4) is 0 Å². The van der Waals surface area contributed by atoms with Crippen molar-refractivity contribution < 1.29 is 22.6 Å². The normalized spacial score (nSPS) is 17.5. The van der Waals surface area contributed by atoms with Crippen molar-refractivity contribution in [2.45, 2.75) is 38.5 Å². The Labute approximate surface area is 180 Å². The molecule has 1 N–H and O–H groups in total. The van der Waals surface area contributed by atoms with E-state index in [0.717, 1.165) is 17.7 Å². The first-order valence-corrected chi connectivity index (χ1v) is 12.1. The molecule has 0 saturated carbocycles. The quantitative estimate of drug-likeness (QED) is 0.511. The van der Waals surface area contributed by atoms with Gasteiger partial charge >= 0.3 is 5.69 Å². The summed E-state index contributed by atoms with van der Waals surface area (Å²) in [5.74, 6) is 0.577. The van der Waals surface area contributed by atoms with Crippen molar-refractivity contribution >= 4 is 9.84 Å². The van der Waals surface area contributed by atoms with Crippen LogP contribution < -0.4 is 16.0 Å². The van der Waals surface area contributed by atoms with Gasteiger partial charge in [-0.15, -0.1) is 0 Å². The Bertz CT molecular complexity index is 1070. The summed E-state index contributed by atoms with van der Waals surface area (Å²) in [6.07, 6.45) is 2.55. The molecule has 9 nitrogen and oxygen atoms in total. The molecule has 31 heavy (non-hydrogen) atoms. The molecule has 1 unspecified atom stereocenters. The van der Waals surface area contributed by atoms with E-state index in [1.165, 1.54) is 16.8 Å². The maximum absolute atomic E-state index is 12.5. The maximum Gasteiger partial charge on any atom is 0.330 e. The predicted octanol–water partition coefficient (Wildman–Crippen LogP) is 1.29. The zero-order chi connectivity index (χ0) is 22.3. The maximum atomic E-state index is 12.5. The third-order valence-electron chi connectivity index (χ3n) is 4.99. The minimum absolute atomic E-state index is 0.00648. The second kappa shape index (κ2) is 10.7. The summed E-state index contributed by atoms with van der Waals surface area (Å²) in [7, 11) is -3.28. The molecule has 2 heterocycles. The van der Waals surface area contributed by atoms with E-state index >= 15 is 0 Å². The first kappa shape index (κ1) is 23.2. The second-order valence-corrected chi connectivity index (χ2v) is 9.89. The summed E-state index contributed by atoms with van der Waals surface area (Å²) in [4.78, 5) is 24.7.